The second-order valence-corrected chi connectivity index (χ2v) is 2.42. The molecule has 0 saturated heterocycles. The summed E-state index contributed by atoms with van der Waals surface area (Å²) in [6.45, 7) is -3.31. The van der Waals surface area contributed by atoms with Gasteiger partial charge in [-0.05, 0) is 12.1 Å². The maximum atomic E-state index is 12.9. The van der Waals surface area contributed by atoms with Gasteiger partial charge in [-0.3, -0.25) is 0 Å². The van der Waals surface area contributed by atoms with E-state index in [0.717, 1.165) is 0 Å². The first-order valence-electron chi connectivity index (χ1n) is 3.59. The molecule has 0 fully saturated rings. The van der Waals surface area contributed by atoms with Gasteiger partial charge in [0.15, 0.2) is 11.6 Å². The first-order chi connectivity index (χ1) is 6.93. The summed E-state index contributed by atoms with van der Waals surface area (Å²) in [5.41, 5.74) is -0.950. The molecule has 7 heteroatoms. The Balaban J connectivity index is 3.15. The number of carboxylic acids is 1. The molecule has 82 valence electrons. The Morgan fingerprint density at radius 1 is 1.27 bits per heavy atom. The molecular weight excluding hydrogens is 220 g/mol. The number of carbonyl (C=O) groups is 1. The van der Waals surface area contributed by atoms with Crippen LogP contribution >= 0.6 is 0 Å². The van der Waals surface area contributed by atoms with E-state index in [1.54, 1.807) is 0 Å². The first-order valence-corrected chi connectivity index (χ1v) is 3.59. The fourth-order valence-corrected chi connectivity index (χ4v) is 0.884. The molecule has 1 rings (SSSR count). The summed E-state index contributed by atoms with van der Waals surface area (Å²) in [6.07, 6.45) is 0. The minimum atomic E-state index is -3.31. The number of alkyl halides is 2. The van der Waals surface area contributed by atoms with E-state index in [9.17, 15) is 22.4 Å². The lowest BCUT2D eigenvalue weighted by atomic mass is 10.2. The van der Waals surface area contributed by atoms with Crippen LogP contribution in [0, 0.1) is 11.6 Å². The smallest absolute Gasteiger partial charge is 0.387 e. The van der Waals surface area contributed by atoms with E-state index >= 15 is 0 Å². The summed E-state index contributed by atoms with van der Waals surface area (Å²) in [7, 11) is 0. The second kappa shape index (κ2) is 4.16. The summed E-state index contributed by atoms with van der Waals surface area (Å²) in [5.74, 6) is -6.22. The van der Waals surface area contributed by atoms with Crippen molar-refractivity contribution >= 4 is 5.97 Å². The normalized spacial score (nSPS) is 10.5. The predicted molar refractivity (Wildman–Crippen MR) is 39.9 cm³/mol. The molecule has 0 aliphatic rings. The number of benzene rings is 1. The van der Waals surface area contributed by atoms with E-state index in [0.29, 0.717) is 12.1 Å². The van der Waals surface area contributed by atoms with Crippen molar-refractivity contribution in [1.82, 2.24) is 0 Å². The molecule has 1 N–H and O–H groups in total. The minimum Gasteiger partial charge on any atom is -0.478 e. The minimum absolute atomic E-state index is 0.619. The van der Waals surface area contributed by atoms with Crippen LogP contribution in [0.5, 0.6) is 5.75 Å². The van der Waals surface area contributed by atoms with Crippen LogP contribution in [0.25, 0.3) is 0 Å². The zero-order chi connectivity index (χ0) is 11.6. The Bertz CT molecular complexity index is 392. The molecular formula is C8H4F4O3. The molecule has 0 bridgehead atoms. The van der Waals surface area contributed by atoms with Gasteiger partial charge < -0.3 is 9.84 Å². The maximum Gasteiger partial charge on any atom is 0.387 e. The van der Waals surface area contributed by atoms with Crippen molar-refractivity contribution in [2.24, 2.45) is 0 Å². The van der Waals surface area contributed by atoms with Crippen molar-refractivity contribution in [1.29, 1.82) is 0 Å². The Kier molecular flexibility index (Phi) is 3.13. The highest BCUT2D eigenvalue weighted by Crippen LogP contribution is 2.24. The number of hydrogen-bond acceptors (Lipinski definition) is 2. The standard InChI is InChI=1S/C8H4F4O3/c9-5-3(7(13)14)1-2-4(6(5)10)15-8(11)12/h1-2,8H,(H,13,14). The summed E-state index contributed by atoms with van der Waals surface area (Å²) < 4.78 is 52.7. The zero-order valence-corrected chi connectivity index (χ0v) is 7.01. The second-order valence-electron chi connectivity index (χ2n) is 2.42. The molecule has 15 heavy (non-hydrogen) atoms. The molecule has 1 aromatic carbocycles. The van der Waals surface area contributed by atoms with Gasteiger partial charge >= 0.3 is 12.6 Å². The predicted octanol–water partition coefficient (Wildman–Crippen LogP) is 2.26. The van der Waals surface area contributed by atoms with E-state index in [-0.39, 0.29) is 0 Å². The highest BCUT2D eigenvalue weighted by atomic mass is 19.3. The van der Waals surface area contributed by atoms with E-state index in [1.165, 1.54) is 0 Å². The topological polar surface area (TPSA) is 46.5 Å². The van der Waals surface area contributed by atoms with Crippen LogP contribution in [0.2, 0.25) is 0 Å². The molecule has 1 aromatic rings. The van der Waals surface area contributed by atoms with Crippen LogP contribution in [0.3, 0.4) is 0 Å². The SMILES string of the molecule is O=C(O)c1ccc(OC(F)F)c(F)c1F. The van der Waals surface area contributed by atoms with E-state index in [1.807, 2.05) is 0 Å². The number of rotatable bonds is 3. The van der Waals surface area contributed by atoms with Gasteiger partial charge in [-0.2, -0.15) is 13.2 Å². The molecule has 0 unspecified atom stereocenters. The van der Waals surface area contributed by atoms with Gasteiger partial charge in [0.05, 0.1) is 5.56 Å². The third-order valence-electron chi connectivity index (χ3n) is 1.49. The molecule has 0 aromatic heterocycles. The van der Waals surface area contributed by atoms with Gasteiger partial charge in [0.2, 0.25) is 5.82 Å². The van der Waals surface area contributed by atoms with Crippen molar-refractivity contribution in [2.45, 2.75) is 6.61 Å². The molecule has 0 radical (unpaired) electrons. The molecule has 0 atom stereocenters. The third kappa shape index (κ3) is 2.36. The van der Waals surface area contributed by atoms with Crippen LogP contribution in [0.1, 0.15) is 10.4 Å². The number of carboxylic acid groups (broad SMARTS) is 1. The quantitative estimate of drug-likeness (QED) is 0.801. The lowest BCUT2D eigenvalue weighted by Crippen LogP contribution is -2.08. The van der Waals surface area contributed by atoms with Gasteiger partial charge in [0.25, 0.3) is 0 Å². The van der Waals surface area contributed by atoms with Crippen LogP contribution in [-0.4, -0.2) is 17.7 Å². The van der Waals surface area contributed by atoms with Gasteiger partial charge in [-0.15, -0.1) is 0 Å². The lowest BCUT2D eigenvalue weighted by Gasteiger charge is -2.06. The molecule has 0 saturated carbocycles. The van der Waals surface area contributed by atoms with Gasteiger partial charge in [-0.25, -0.2) is 9.18 Å². The summed E-state index contributed by atoms with van der Waals surface area (Å²) in [5, 5.41) is 8.37. The van der Waals surface area contributed by atoms with E-state index in [4.69, 9.17) is 5.11 Å². The molecule has 0 heterocycles. The van der Waals surface area contributed by atoms with Crippen LogP contribution in [0.4, 0.5) is 17.6 Å². The van der Waals surface area contributed by atoms with Crippen LogP contribution < -0.4 is 4.74 Å². The van der Waals surface area contributed by atoms with E-state index in [2.05, 4.69) is 4.74 Å². The number of halogens is 4. The molecule has 0 aliphatic carbocycles. The Hall–Kier alpha value is -1.79. The average Bonchev–Trinajstić information content (AvgIpc) is 2.12. The van der Waals surface area contributed by atoms with Crippen molar-refractivity contribution < 1.29 is 32.2 Å². The monoisotopic (exact) mass is 224 g/mol. The summed E-state index contributed by atoms with van der Waals surface area (Å²) in [4.78, 5) is 10.3. The van der Waals surface area contributed by atoms with Crippen molar-refractivity contribution in [3.8, 4) is 5.75 Å². The number of hydrogen-bond donors (Lipinski definition) is 1. The fourth-order valence-electron chi connectivity index (χ4n) is 0.884. The van der Waals surface area contributed by atoms with Gasteiger partial charge in [-0.1, -0.05) is 0 Å². The number of ether oxygens (including phenoxy) is 1. The Labute approximate surface area is 80.9 Å². The van der Waals surface area contributed by atoms with Crippen LogP contribution in [-0.2, 0) is 0 Å². The summed E-state index contributed by atoms with van der Waals surface area (Å²) >= 11 is 0. The number of aromatic carboxylic acids is 1. The molecule has 3 nitrogen and oxygen atoms in total. The first kappa shape index (κ1) is 11.3. The zero-order valence-electron chi connectivity index (χ0n) is 7.01. The van der Waals surface area contributed by atoms with E-state index < -0.39 is 35.5 Å². The molecule has 0 aliphatic heterocycles. The maximum absolute atomic E-state index is 12.9. The lowest BCUT2D eigenvalue weighted by molar-refractivity contribution is -0.0525. The molecule has 0 amide bonds. The average molecular weight is 224 g/mol. The van der Waals surface area contributed by atoms with Gasteiger partial charge in [0, 0.05) is 0 Å². The highest BCUT2D eigenvalue weighted by Gasteiger charge is 2.20. The van der Waals surface area contributed by atoms with Crippen molar-refractivity contribution in [3.05, 3.63) is 29.3 Å². The fraction of sp³-hybridized carbons (Fsp3) is 0.125. The third-order valence-corrected chi connectivity index (χ3v) is 1.49. The summed E-state index contributed by atoms with van der Waals surface area (Å²) in [6, 6.07) is 1.26. The van der Waals surface area contributed by atoms with Crippen LogP contribution in [0.15, 0.2) is 12.1 Å². The highest BCUT2D eigenvalue weighted by molar-refractivity contribution is 5.88. The van der Waals surface area contributed by atoms with Gasteiger partial charge in [0.1, 0.15) is 0 Å². The Morgan fingerprint density at radius 3 is 2.33 bits per heavy atom. The van der Waals surface area contributed by atoms with Crippen molar-refractivity contribution in [2.75, 3.05) is 0 Å². The molecule has 0 spiro atoms. The Morgan fingerprint density at radius 2 is 1.87 bits per heavy atom. The van der Waals surface area contributed by atoms with Crippen molar-refractivity contribution in [3.63, 3.8) is 0 Å². The largest absolute Gasteiger partial charge is 0.478 e.